The molecule has 7 heteroatoms. The highest BCUT2D eigenvalue weighted by atomic mass is 32.1. The molecule has 1 N–H and O–H groups in total. The van der Waals surface area contributed by atoms with Crippen molar-refractivity contribution in [3.63, 3.8) is 0 Å². The maximum atomic E-state index is 13.6. The number of nitrogens with zero attached hydrogens (tertiary/aromatic N) is 2. The van der Waals surface area contributed by atoms with Gasteiger partial charge >= 0.3 is 0 Å². The smallest absolute Gasteiger partial charge is 0.233 e. The molecular formula is C13H9F2N3OS. The summed E-state index contributed by atoms with van der Waals surface area (Å²) in [5.41, 5.74) is 0. The molecule has 1 aromatic carbocycles. The number of halogens is 2. The van der Waals surface area contributed by atoms with Crippen LogP contribution in [0.25, 0.3) is 10.2 Å². The maximum Gasteiger partial charge on any atom is 0.233 e. The van der Waals surface area contributed by atoms with E-state index >= 15 is 0 Å². The van der Waals surface area contributed by atoms with E-state index in [-0.39, 0.29) is 11.6 Å². The van der Waals surface area contributed by atoms with Crippen LogP contribution in [0, 0.1) is 11.6 Å². The molecule has 2 heterocycles. The number of aromatic nitrogens is 2. The average molecular weight is 293 g/mol. The lowest BCUT2D eigenvalue weighted by molar-refractivity contribution is 0.409. The van der Waals surface area contributed by atoms with Crippen LogP contribution in [-0.4, -0.2) is 17.0 Å². The molecule has 2 aromatic heterocycles. The van der Waals surface area contributed by atoms with Gasteiger partial charge in [0.25, 0.3) is 0 Å². The zero-order valence-electron chi connectivity index (χ0n) is 10.4. The molecule has 0 fully saturated rings. The summed E-state index contributed by atoms with van der Waals surface area (Å²) in [7, 11) is 1.67. The van der Waals surface area contributed by atoms with Gasteiger partial charge in [0.2, 0.25) is 17.6 Å². The van der Waals surface area contributed by atoms with Crippen LogP contribution in [0.4, 0.5) is 14.7 Å². The molecule has 20 heavy (non-hydrogen) atoms. The van der Waals surface area contributed by atoms with E-state index in [2.05, 4.69) is 15.3 Å². The molecule has 3 aromatic rings. The first-order chi connectivity index (χ1) is 9.69. The van der Waals surface area contributed by atoms with Gasteiger partial charge in [-0.05, 0) is 23.6 Å². The van der Waals surface area contributed by atoms with E-state index in [1.807, 2.05) is 5.38 Å². The predicted molar refractivity (Wildman–Crippen MR) is 73.4 cm³/mol. The number of benzene rings is 1. The molecule has 4 nitrogen and oxygen atoms in total. The van der Waals surface area contributed by atoms with Gasteiger partial charge in [0.1, 0.15) is 4.83 Å². The van der Waals surface area contributed by atoms with Crippen molar-refractivity contribution in [1.82, 2.24) is 9.97 Å². The SMILES string of the molecule is CNc1nc(Oc2cccc(F)c2F)c2ccsc2n1. The van der Waals surface area contributed by atoms with Crippen molar-refractivity contribution in [1.29, 1.82) is 0 Å². The van der Waals surface area contributed by atoms with Crippen LogP contribution in [0.3, 0.4) is 0 Å². The van der Waals surface area contributed by atoms with Crippen molar-refractivity contribution in [2.75, 3.05) is 12.4 Å². The summed E-state index contributed by atoms with van der Waals surface area (Å²) in [4.78, 5) is 9.08. The van der Waals surface area contributed by atoms with Crippen molar-refractivity contribution >= 4 is 27.5 Å². The molecule has 0 aliphatic heterocycles. The van der Waals surface area contributed by atoms with E-state index < -0.39 is 11.6 Å². The fourth-order valence-electron chi connectivity index (χ4n) is 1.68. The second-order valence-electron chi connectivity index (χ2n) is 3.90. The molecule has 102 valence electrons. The molecule has 0 aliphatic carbocycles. The number of ether oxygens (including phenoxy) is 1. The Labute approximate surface area is 117 Å². The van der Waals surface area contributed by atoms with Crippen LogP contribution in [0.5, 0.6) is 11.6 Å². The van der Waals surface area contributed by atoms with E-state index in [1.165, 1.54) is 23.5 Å². The number of thiophene rings is 1. The van der Waals surface area contributed by atoms with Crippen molar-refractivity contribution in [2.24, 2.45) is 0 Å². The molecule has 0 radical (unpaired) electrons. The molecule has 0 amide bonds. The standard InChI is InChI=1S/C13H9F2N3OS/c1-16-13-17-11(7-5-6-20-12(7)18-13)19-9-4-2-3-8(14)10(9)15/h2-6H,1H3,(H,16,17,18). The fraction of sp³-hybridized carbons (Fsp3) is 0.0769. The molecule has 0 atom stereocenters. The molecule has 0 unspecified atom stereocenters. The normalized spacial score (nSPS) is 10.8. The lowest BCUT2D eigenvalue weighted by Gasteiger charge is -2.08. The number of rotatable bonds is 3. The van der Waals surface area contributed by atoms with Crippen molar-refractivity contribution in [3.8, 4) is 11.6 Å². The quantitative estimate of drug-likeness (QED) is 0.798. The predicted octanol–water partition coefficient (Wildman–Crippen LogP) is 3.80. The van der Waals surface area contributed by atoms with Gasteiger partial charge < -0.3 is 10.1 Å². The third-order valence-corrected chi connectivity index (χ3v) is 3.44. The van der Waals surface area contributed by atoms with E-state index in [0.29, 0.717) is 16.2 Å². The van der Waals surface area contributed by atoms with Crippen molar-refractivity contribution in [3.05, 3.63) is 41.3 Å². The molecular weight excluding hydrogens is 284 g/mol. The number of nitrogens with one attached hydrogen (secondary N) is 1. The van der Waals surface area contributed by atoms with Crippen LogP contribution in [0.1, 0.15) is 0 Å². The number of anilines is 1. The second kappa shape index (κ2) is 5.01. The fourth-order valence-corrected chi connectivity index (χ4v) is 2.44. The van der Waals surface area contributed by atoms with Gasteiger partial charge in [-0.25, -0.2) is 9.37 Å². The topological polar surface area (TPSA) is 47.0 Å². The Morgan fingerprint density at radius 1 is 1.20 bits per heavy atom. The number of fused-ring (bicyclic) bond motifs is 1. The molecule has 3 rings (SSSR count). The summed E-state index contributed by atoms with van der Waals surface area (Å²) in [6.45, 7) is 0. The van der Waals surface area contributed by atoms with Crippen LogP contribution in [0.2, 0.25) is 0 Å². The first-order valence-electron chi connectivity index (χ1n) is 5.74. The molecule has 0 saturated carbocycles. The van der Waals surface area contributed by atoms with Gasteiger partial charge in [-0.2, -0.15) is 9.37 Å². The average Bonchev–Trinajstić information content (AvgIpc) is 2.92. The van der Waals surface area contributed by atoms with Crippen LogP contribution < -0.4 is 10.1 Å². The summed E-state index contributed by atoms with van der Waals surface area (Å²) in [5.74, 6) is -1.68. The minimum atomic E-state index is -1.04. The summed E-state index contributed by atoms with van der Waals surface area (Å²) >= 11 is 1.41. The summed E-state index contributed by atoms with van der Waals surface area (Å²) in [5, 5.41) is 5.28. The summed E-state index contributed by atoms with van der Waals surface area (Å²) in [6.07, 6.45) is 0. The van der Waals surface area contributed by atoms with Crippen LogP contribution in [0.15, 0.2) is 29.6 Å². The highest BCUT2D eigenvalue weighted by Gasteiger charge is 2.14. The number of hydrogen-bond acceptors (Lipinski definition) is 5. The van der Waals surface area contributed by atoms with Gasteiger partial charge in [0, 0.05) is 7.05 Å². The van der Waals surface area contributed by atoms with Crippen LogP contribution >= 0.6 is 11.3 Å². The minimum Gasteiger partial charge on any atom is -0.435 e. The van der Waals surface area contributed by atoms with Gasteiger partial charge in [-0.3, -0.25) is 0 Å². The zero-order chi connectivity index (χ0) is 14.1. The largest absolute Gasteiger partial charge is 0.435 e. The van der Waals surface area contributed by atoms with Gasteiger partial charge in [-0.1, -0.05) is 6.07 Å². The number of hydrogen-bond donors (Lipinski definition) is 1. The van der Waals surface area contributed by atoms with E-state index in [1.54, 1.807) is 13.1 Å². The first-order valence-corrected chi connectivity index (χ1v) is 6.62. The van der Waals surface area contributed by atoms with E-state index in [9.17, 15) is 8.78 Å². The Kier molecular flexibility index (Phi) is 3.19. The Balaban J connectivity index is 2.10. The highest BCUT2D eigenvalue weighted by molar-refractivity contribution is 7.16. The summed E-state index contributed by atoms with van der Waals surface area (Å²) < 4.78 is 32.2. The molecule has 0 bridgehead atoms. The highest BCUT2D eigenvalue weighted by Crippen LogP contribution is 2.32. The van der Waals surface area contributed by atoms with Gasteiger partial charge in [-0.15, -0.1) is 11.3 Å². The minimum absolute atomic E-state index is 0.185. The van der Waals surface area contributed by atoms with Gasteiger partial charge in [0.05, 0.1) is 5.39 Å². The monoisotopic (exact) mass is 293 g/mol. The summed E-state index contributed by atoms with van der Waals surface area (Å²) in [6, 6.07) is 5.52. The zero-order valence-corrected chi connectivity index (χ0v) is 11.2. The molecule has 0 saturated heterocycles. The van der Waals surface area contributed by atoms with Gasteiger partial charge in [0.15, 0.2) is 11.6 Å². The lowest BCUT2D eigenvalue weighted by atomic mass is 10.3. The third-order valence-electron chi connectivity index (χ3n) is 2.64. The Bertz CT molecular complexity index is 775. The van der Waals surface area contributed by atoms with E-state index in [4.69, 9.17) is 4.74 Å². The second-order valence-corrected chi connectivity index (χ2v) is 4.79. The maximum absolute atomic E-state index is 13.6. The molecule has 0 spiro atoms. The first kappa shape index (κ1) is 12.7. The molecule has 0 aliphatic rings. The van der Waals surface area contributed by atoms with Crippen molar-refractivity contribution in [2.45, 2.75) is 0 Å². The Morgan fingerprint density at radius 3 is 2.85 bits per heavy atom. The van der Waals surface area contributed by atoms with Crippen LogP contribution in [-0.2, 0) is 0 Å². The third kappa shape index (κ3) is 2.16. The Morgan fingerprint density at radius 2 is 2.05 bits per heavy atom. The van der Waals surface area contributed by atoms with Crippen molar-refractivity contribution < 1.29 is 13.5 Å². The lowest BCUT2D eigenvalue weighted by Crippen LogP contribution is -1.99. The Hall–Kier alpha value is -2.28. The van der Waals surface area contributed by atoms with E-state index in [0.717, 1.165) is 6.07 Å².